The maximum absolute atomic E-state index is 12.6. The van der Waals surface area contributed by atoms with Gasteiger partial charge in [0.05, 0.1) is 5.56 Å². The first kappa shape index (κ1) is 21.9. The van der Waals surface area contributed by atoms with E-state index < -0.39 is 30.1 Å². The van der Waals surface area contributed by atoms with Crippen LogP contribution in [0.25, 0.3) is 11.0 Å². The summed E-state index contributed by atoms with van der Waals surface area (Å²) >= 11 is 0. The van der Waals surface area contributed by atoms with Crippen molar-refractivity contribution in [1.82, 2.24) is 10.6 Å². The van der Waals surface area contributed by atoms with Gasteiger partial charge in [0.25, 0.3) is 5.91 Å². The van der Waals surface area contributed by atoms with Gasteiger partial charge in [-0.15, -0.1) is 0 Å². The number of carbonyl (C=O) groups excluding carboxylic acids is 3. The molecule has 2 N–H and O–H groups in total. The molecule has 2 aromatic carbocycles. The van der Waals surface area contributed by atoms with Gasteiger partial charge in [0.15, 0.2) is 6.61 Å². The number of amides is 3. The van der Waals surface area contributed by atoms with Gasteiger partial charge >= 0.3 is 12.0 Å². The van der Waals surface area contributed by atoms with Crippen molar-refractivity contribution in [2.75, 3.05) is 6.61 Å². The second-order valence-electron chi connectivity index (χ2n) is 7.84. The molecule has 3 rings (SSSR count). The van der Waals surface area contributed by atoms with Gasteiger partial charge in [-0.25, -0.2) is 9.59 Å². The summed E-state index contributed by atoms with van der Waals surface area (Å²) in [6.07, 6.45) is 0. The molecule has 8 nitrogen and oxygen atoms in total. The van der Waals surface area contributed by atoms with Crippen LogP contribution in [-0.4, -0.2) is 30.1 Å². The van der Waals surface area contributed by atoms with Crippen molar-refractivity contribution in [3.05, 3.63) is 65.9 Å². The number of urea groups is 1. The largest absolute Gasteiger partial charge is 0.489 e. The lowest BCUT2D eigenvalue weighted by molar-refractivity contribution is -0.123. The number of esters is 1. The van der Waals surface area contributed by atoms with Gasteiger partial charge in [0.2, 0.25) is 5.76 Å². The quantitative estimate of drug-likeness (QED) is 0.583. The van der Waals surface area contributed by atoms with Crippen LogP contribution < -0.4 is 15.4 Å². The van der Waals surface area contributed by atoms with Crippen LogP contribution in [0.15, 0.2) is 59.0 Å². The van der Waals surface area contributed by atoms with Crippen molar-refractivity contribution in [3.63, 3.8) is 0 Å². The van der Waals surface area contributed by atoms with Crippen molar-refractivity contribution in [3.8, 4) is 5.75 Å². The van der Waals surface area contributed by atoms with E-state index in [-0.39, 0.29) is 12.4 Å². The van der Waals surface area contributed by atoms with Crippen LogP contribution in [0.5, 0.6) is 5.75 Å². The number of imide groups is 1. The van der Waals surface area contributed by atoms with Gasteiger partial charge in [0, 0.05) is 10.9 Å². The highest BCUT2D eigenvalue weighted by Crippen LogP contribution is 2.28. The standard InChI is InChI=1S/C23H24N2O6/c1-23(2,3)25-22(28)24-19(26)14-30-21(27)20-17(13-29-15-9-5-4-6-10-15)16-11-7-8-12-18(16)31-20/h4-12H,13-14H2,1-3H3,(H2,24,25,26,28). The number of carbonyl (C=O) groups is 3. The summed E-state index contributed by atoms with van der Waals surface area (Å²) in [6, 6.07) is 15.6. The van der Waals surface area contributed by atoms with Gasteiger partial charge < -0.3 is 19.2 Å². The molecule has 3 amide bonds. The van der Waals surface area contributed by atoms with E-state index in [0.29, 0.717) is 22.3 Å². The minimum absolute atomic E-state index is 0.0518. The average Bonchev–Trinajstić information content (AvgIpc) is 3.08. The van der Waals surface area contributed by atoms with Crippen molar-refractivity contribution >= 4 is 28.9 Å². The minimum atomic E-state index is -0.825. The molecule has 8 heteroatoms. The zero-order valence-corrected chi connectivity index (χ0v) is 17.6. The number of benzene rings is 2. The molecule has 0 spiro atoms. The van der Waals surface area contributed by atoms with Crippen molar-refractivity contribution < 1.29 is 28.3 Å². The fraction of sp³-hybridized carbons (Fsp3) is 0.261. The molecule has 0 unspecified atom stereocenters. The zero-order valence-electron chi connectivity index (χ0n) is 17.6. The monoisotopic (exact) mass is 424 g/mol. The molecule has 1 aromatic heterocycles. The molecule has 0 atom stereocenters. The van der Waals surface area contributed by atoms with E-state index in [1.165, 1.54) is 0 Å². The predicted molar refractivity (Wildman–Crippen MR) is 114 cm³/mol. The molecular formula is C23H24N2O6. The van der Waals surface area contributed by atoms with E-state index in [1.54, 1.807) is 45.0 Å². The van der Waals surface area contributed by atoms with E-state index in [1.807, 2.05) is 30.3 Å². The van der Waals surface area contributed by atoms with Gasteiger partial charge in [0.1, 0.15) is 17.9 Å². The number of nitrogens with one attached hydrogen (secondary N) is 2. The highest BCUT2D eigenvalue weighted by Gasteiger charge is 2.24. The first-order valence-corrected chi connectivity index (χ1v) is 9.70. The second kappa shape index (κ2) is 9.34. The number of fused-ring (bicyclic) bond motifs is 1. The topological polar surface area (TPSA) is 107 Å². The van der Waals surface area contributed by atoms with E-state index in [9.17, 15) is 14.4 Å². The zero-order chi connectivity index (χ0) is 22.4. The second-order valence-corrected chi connectivity index (χ2v) is 7.84. The summed E-state index contributed by atoms with van der Waals surface area (Å²) in [6.45, 7) is 4.77. The Kier molecular flexibility index (Phi) is 6.59. The molecule has 0 aliphatic carbocycles. The van der Waals surface area contributed by atoms with Gasteiger partial charge in [-0.3, -0.25) is 10.1 Å². The van der Waals surface area contributed by atoms with Gasteiger partial charge in [-0.1, -0.05) is 36.4 Å². The Morgan fingerprint density at radius 3 is 2.35 bits per heavy atom. The molecule has 0 bridgehead atoms. The first-order chi connectivity index (χ1) is 14.7. The Hall–Kier alpha value is -3.81. The molecule has 0 saturated heterocycles. The van der Waals surface area contributed by atoms with E-state index in [2.05, 4.69) is 10.6 Å². The number of hydrogen-bond acceptors (Lipinski definition) is 6. The van der Waals surface area contributed by atoms with Crippen molar-refractivity contribution in [2.24, 2.45) is 0 Å². The molecule has 162 valence electrons. The number of furan rings is 1. The van der Waals surface area contributed by atoms with E-state index in [4.69, 9.17) is 13.9 Å². The Morgan fingerprint density at radius 2 is 1.65 bits per heavy atom. The number of hydrogen-bond donors (Lipinski definition) is 2. The summed E-state index contributed by atoms with van der Waals surface area (Å²) in [5.41, 5.74) is 0.494. The molecule has 0 aliphatic rings. The lowest BCUT2D eigenvalue weighted by atomic mass is 10.1. The maximum Gasteiger partial charge on any atom is 0.375 e. The fourth-order valence-electron chi connectivity index (χ4n) is 2.81. The van der Waals surface area contributed by atoms with Crippen LogP contribution >= 0.6 is 0 Å². The molecule has 31 heavy (non-hydrogen) atoms. The molecule has 0 aliphatic heterocycles. The lowest BCUT2D eigenvalue weighted by Gasteiger charge is -2.20. The van der Waals surface area contributed by atoms with Crippen LogP contribution in [0.3, 0.4) is 0 Å². The Labute approximate surface area is 179 Å². The molecule has 0 radical (unpaired) electrons. The molecular weight excluding hydrogens is 400 g/mol. The van der Waals surface area contributed by atoms with Crippen LogP contribution in [0, 0.1) is 0 Å². The third kappa shape index (κ3) is 6.08. The van der Waals surface area contributed by atoms with E-state index >= 15 is 0 Å². The minimum Gasteiger partial charge on any atom is -0.489 e. The summed E-state index contributed by atoms with van der Waals surface area (Å²) in [7, 11) is 0. The third-order valence-corrected chi connectivity index (χ3v) is 4.09. The van der Waals surface area contributed by atoms with Crippen molar-refractivity contribution in [1.29, 1.82) is 0 Å². The summed E-state index contributed by atoms with van der Waals surface area (Å²) in [5.74, 6) is -0.997. The highest BCUT2D eigenvalue weighted by atomic mass is 16.5. The summed E-state index contributed by atoms with van der Waals surface area (Å²) in [5, 5.41) is 5.40. The third-order valence-electron chi connectivity index (χ3n) is 4.09. The molecule has 1 heterocycles. The van der Waals surface area contributed by atoms with E-state index in [0.717, 1.165) is 0 Å². The Bertz CT molecular complexity index is 1080. The first-order valence-electron chi connectivity index (χ1n) is 9.70. The van der Waals surface area contributed by atoms with Crippen LogP contribution in [0.4, 0.5) is 4.79 Å². The van der Waals surface area contributed by atoms with Crippen LogP contribution in [-0.2, 0) is 16.1 Å². The average molecular weight is 424 g/mol. The van der Waals surface area contributed by atoms with Crippen molar-refractivity contribution in [2.45, 2.75) is 32.9 Å². The predicted octanol–water partition coefficient (Wildman–Crippen LogP) is 3.79. The normalized spacial score (nSPS) is 11.1. The lowest BCUT2D eigenvalue weighted by Crippen LogP contribution is -2.49. The Balaban J connectivity index is 1.69. The maximum atomic E-state index is 12.6. The molecule has 3 aromatic rings. The van der Waals surface area contributed by atoms with Gasteiger partial charge in [-0.05, 0) is 39.0 Å². The molecule has 0 fully saturated rings. The number of rotatable bonds is 6. The fourth-order valence-corrected chi connectivity index (χ4v) is 2.81. The SMILES string of the molecule is CC(C)(C)NC(=O)NC(=O)COC(=O)c1oc2ccccc2c1COc1ccccc1. The van der Waals surface area contributed by atoms with Crippen LogP contribution in [0.1, 0.15) is 36.9 Å². The smallest absolute Gasteiger partial charge is 0.375 e. The number of ether oxygens (including phenoxy) is 2. The highest BCUT2D eigenvalue weighted by molar-refractivity contribution is 5.99. The van der Waals surface area contributed by atoms with Crippen LogP contribution in [0.2, 0.25) is 0 Å². The number of para-hydroxylation sites is 2. The Morgan fingerprint density at radius 1 is 0.968 bits per heavy atom. The summed E-state index contributed by atoms with van der Waals surface area (Å²) in [4.78, 5) is 36.3. The van der Waals surface area contributed by atoms with Gasteiger partial charge in [-0.2, -0.15) is 0 Å². The summed E-state index contributed by atoms with van der Waals surface area (Å²) < 4.78 is 16.5. The molecule has 0 saturated carbocycles.